The minimum atomic E-state index is -0.341. The molecule has 0 fully saturated rings. The number of nitrogens with one attached hydrogen (secondary N) is 1. The van der Waals surface area contributed by atoms with Crippen LogP contribution in [0.15, 0.2) is 0 Å². The maximum absolute atomic E-state index is 10.8. The van der Waals surface area contributed by atoms with Crippen molar-refractivity contribution in [2.45, 2.75) is 13.3 Å². The molecule has 0 heterocycles. The monoisotopic (exact) mass is 194 g/mol. The van der Waals surface area contributed by atoms with Crippen LogP contribution in [0.3, 0.4) is 0 Å². The Morgan fingerprint density at radius 1 is 1.50 bits per heavy atom. The van der Waals surface area contributed by atoms with E-state index in [9.17, 15) is 4.79 Å². The largest absolute Gasteiger partial charge is 0.466 e. The third kappa shape index (κ3) is 5.97. The summed E-state index contributed by atoms with van der Waals surface area (Å²) in [6.07, 6.45) is 0.0564. The summed E-state index contributed by atoms with van der Waals surface area (Å²) in [6.45, 7) is 2.12. The van der Waals surface area contributed by atoms with Gasteiger partial charge in [0.15, 0.2) is 0 Å². The first-order valence-corrected chi connectivity index (χ1v) is 3.48. The number of hydrogen-bond donors (Lipinski definition) is 1. The first kappa shape index (κ1) is 13.8. The molecule has 0 atom stereocenters. The summed E-state index contributed by atoms with van der Waals surface area (Å²) >= 11 is 0. The van der Waals surface area contributed by atoms with E-state index in [1.807, 2.05) is 0 Å². The van der Waals surface area contributed by atoms with Crippen molar-refractivity contribution in [3.05, 3.63) is 0 Å². The number of ether oxygens (including phenoxy) is 1. The molecule has 0 rings (SSSR count). The van der Waals surface area contributed by atoms with Gasteiger partial charge >= 0.3 is 5.97 Å². The first-order chi connectivity index (χ1) is 5.07. The second-order valence-electron chi connectivity index (χ2n) is 2.32. The van der Waals surface area contributed by atoms with Gasteiger partial charge in [-0.05, 0) is 6.92 Å². The molecule has 0 saturated carbocycles. The molecule has 0 aromatic heterocycles. The Labute approximate surface area is 78.8 Å². The highest BCUT2D eigenvalue weighted by atomic mass is 35.5. The summed E-state index contributed by atoms with van der Waals surface area (Å²) in [7, 11) is 3.45. The summed E-state index contributed by atoms with van der Waals surface area (Å²) < 4.78 is 4.66. The van der Waals surface area contributed by atoms with Gasteiger partial charge in [0.2, 0.25) is 0 Å². The standard InChI is InChI=1S/C7H14N2O2.ClH/c1-4-11-7(10)5-6(8)9(2)3;/h8H,4-5H2,1-3H3;1H. The minimum Gasteiger partial charge on any atom is -0.466 e. The maximum Gasteiger partial charge on any atom is 0.313 e. The Bertz CT molecular complexity index is 159. The molecule has 0 unspecified atom stereocenters. The molecule has 0 aromatic rings. The smallest absolute Gasteiger partial charge is 0.313 e. The highest BCUT2D eigenvalue weighted by molar-refractivity contribution is 5.95. The normalized spacial score (nSPS) is 8.25. The molecule has 0 spiro atoms. The van der Waals surface area contributed by atoms with Gasteiger partial charge in [-0.2, -0.15) is 0 Å². The van der Waals surface area contributed by atoms with Gasteiger partial charge < -0.3 is 9.64 Å². The lowest BCUT2D eigenvalue weighted by atomic mass is 10.4. The summed E-state index contributed by atoms with van der Waals surface area (Å²) in [5, 5.41) is 7.28. The Balaban J connectivity index is 0. The molecule has 0 amide bonds. The number of halogens is 1. The zero-order valence-corrected chi connectivity index (χ0v) is 8.40. The third-order valence-corrected chi connectivity index (χ3v) is 1.16. The van der Waals surface area contributed by atoms with Crippen molar-refractivity contribution in [1.82, 2.24) is 4.90 Å². The van der Waals surface area contributed by atoms with E-state index in [2.05, 4.69) is 4.74 Å². The van der Waals surface area contributed by atoms with Crippen molar-refractivity contribution in [2.24, 2.45) is 0 Å². The number of hydrogen-bond acceptors (Lipinski definition) is 3. The molecule has 0 aliphatic rings. The van der Waals surface area contributed by atoms with Crippen molar-refractivity contribution < 1.29 is 9.53 Å². The van der Waals surface area contributed by atoms with Gasteiger partial charge in [-0.1, -0.05) is 0 Å². The fourth-order valence-electron chi connectivity index (χ4n) is 0.507. The van der Waals surface area contributed by atoms with Crippen molar-refractivity contribution in [1.29, 1.82) is 5.41 Å². The van der Waals surface area contributed by atoms with Gasteiger partial charge in [0.25, 0.3) is 0 Å². The predicted molar refractivity (Wildman–Crippen MR) is 49.9 cm³/mol. The Morgan fingerprint density at radius 3 is 2.33 bits per heavy atom. The van der Waals surface area contributed by atoms with Gasteiger partial charge in [-0.3, -0.25) is 10.2 Å². The molecule has 0 aromatic carbocycles. The van der Waals surface area contributed by atoms with E-state index in [0.717, 1.165) is 0 Å². The molecule has 5 heteroatoms. The average molecular weight is 195 g/mol. The van der Waals surface area contributed by atoms with Crippen LogP contribution in [-0.2, 0) is 9.53 Å². The molecule has 0 bridgehead atoms. The van der Waals surface area contributed by atoms with E-state index < -0.39 is 0 Å². The van der Waals surface area contributed by atoms with Crippen molar-refractivity contribution in [3.63, 3.8) is 0 Å². The molecular formula is C7H15ClN2O2. The summed E-state index contributed by atoms with van der Waals surface area (Å²) in [5.74, 6) is -0.0744. The van der Waals surface area contributed by atoms with Crippen LogP contribution in [0.25, 0.3) is 0 Å². The quantitative estimate of drug-likeness (QED) is 0.413. The minimum absolute atomic E-state index is 0. The van der Waals surface area contributed by atoms with Crippen LogP contribution in [0.2, 0.25) is 0 Å². The van der Waals surface area contributed by atoms with Gasteiger partial charge in [0.1, 0.15) is 12.3 Å². The van der Waals surface area contributed by atoms with Crippen molar-refractivity contribution in [3.8, 4) is 0 Å². The molecule has 0 aliphatic heterocycles. The summed E-state index contributed by atoms with van der Waals surface area (Å²) in [6, 6.07) is 0. The second kappa shape index (κ2) is 6.91. The Hall–Kier alpha value is -0.770. The molecule has 4 nitrogen and oxygen atoms in total. The molecule has 1 N–H and O–H groups in total. The number of carbonyl (C=O) groups excluding carboxylic acids is 1. The zero-order valence-electron chi connectivity index (χ0n) is 7.59. The van der Waals surface area contributed by atoms with Crippen molar-refractivity contribution >= 4 is 24.2 Å². The topological polar surface area (TPSA) is 53.4 Å². The van der Waals surface area contributed by atoms with Gasteiger partial charge in [0.05, 0.1) is 6.61 Å². The number of rotatable bonds is 3. The lowest BCUT2D eigenvalue weighted by Crippen LogP contribution is -2.24. The predicted octanol–water partition coefficient (Wildman–Crippen LogP) is 0.900. The molecule has 0 saturated heterocycles. The molecule has 0 radical (unpaired) electrons. The van der Waals surface area contributed by atoms with Crippen LogP contribution in [0.5, 0.6) is 0 Å². The molecule has 72 valence electrons. The summed E-state index contributed by atoms with van der Waals surface area (Å²) in [5.41, 5.74) is 0. The first-order valence-electron chi connectivity index (χ1n) is 3.48. The second-order valence-corrected chi connectivity index (χ2v) is 2.32. The summed E-state index contributed by atoms with van der Waals surface area (Å²) in [4.78, 5) is 12.3. The molecule has 12 heavy (non-hydrogen) atoms. The maximum atomic E-state index is 10.8. The number of amidine groups is 1. The van der Waals surface area contributed by atoms with Crippen LogP contribution in [0.1, 0.15) is 13.3 Å². The van der Waals surface area contributed by atoms with Crippen LogP contribution in [0.4, 0.5) is 0 Å². The molecular weight excluding hydrogens is 180 g/mol. The van der Waals surface area contributed by atoms with E-state index in [1.54, 1.807) is 25.9 Å². The average Bonchev–Trinajstić information content (AvgIpc) is 1.87. The Kier molecular flexibility index (Phi) is 7.94. The number of nitrogens with zero attached hydrogens (tertiary/aromatic N) is 1. The van der Waals surface area contributed by atoms with E-state index in [0.29, 0.717) is 6.61 Å². The van der Waals surface area contributed by atoms with Crippen LogP contribution < -0.4 is 0 Å². The fourth-order valence-corrected chi connectivity index (χ4v) is 0.507. The SMILES string of the molecule is CCOC(=O)CC(=N)N(C)C.Cl. The zero-order chi connectivity index (χ0) is 8.85. The van der Waals surface area contributed by atoms with E-state index in [-0.39, 0.29) is 30.6 Å². The lowest BCUT2D eigenvalue weighted by molar-refractivity contribution is -0.141. The van der Waals surface area contributed by atoms with E-state index in [4.69, 9.17) is 5.41 Å². The third-order valence-electron chi connectivity index (χ3n) is 1.16. The lowest BCUT2D eigenvalue weighted by Gasteiger charge is -2.12. The highest BCUT2D eigenvalue weighted by Crippen LogP contribution is 1.90. The van der Waals surface area contributed by atoms with Crippen LogP contribution in [0, 0.1) is 5.41 Å². The fraction of sp³-hybridized carbons (Fsp3) is 0.714. The van der Waals surface area contributed by atoms with Gasteiger partial charge in [-0.15, -0.1) is 12.4 Å². The number of carbonyl (C=O) groups is 1. The van der Waals surface area contributed by atoms with Gasteiger partial charge in [0, 0.05) is 14.1 Å². The number of esters is 1. The van der Waals surface area contributed by atoms with Crippen LogP contribution in [-0.4, -0.2) is 37.4 Å². The Morgan fingerprint density at radius 2 is 2.00 bits per heavy atom. The van der Waals surface area contributed by atoms with Crippen molar-refractivity contribution in [2.75, 3.05) is 20.7 Å². The van der Waals surface area contributed by atoms with E-state index in [1.165, 1.54) is 0 Å². The molecule has 0 aliphatic carbocycles. The van der Waals surface area contributed by atoms with Crippen LogP contribution >= 0.6 is 12.4 Å². The van der Waals surface area contributed by atoms with Gasteiger partial charge in [-0.25, -0.2) is 0 Å². The van der Waals surface area contributed by atoms with E-state index >= 15 is 0 Å². The highest BCUT2D eigenvalue weighted by Gasteiger charge is 2.07.